The lowest BCUT2D eigenvalue weighted by atomic mass is 10.0. The first-order valence-corrected chi connectivity index (χ1v) is 15.9. The van der Waals surface area contributed by atoms with Crippen LogP contribution in [0.3, 0.4) is 0 Å². The molecule has 3 aromatic rings. The minimum Gasteiger partial charge on any atom is -0.494 e. The average Bonchev–Trinajstić information content (AvgIpc) is 3.04. The fourth-order valence-corrected chi connectivity index (χ4v) is 4.72. The summed E-state index contributed by atoms with van der Waals surface area (Å²) in [6, 6.07) is 21.6. The van der Waals surface area contributed by atoms with Crippen molar-refractivity contribution in [2.45, 2.75) is 90.4 Å². The molecule has 0 N–H and O–H groups in total. The molecule has 0 atom stereocenters. The van der Waals surface area contributed by atoms with Crippen molar-refractivity contribution in [3.05, 3.63) is 83.9 Å². The Labute approximate surface area is 258 Å². The van der Waals surface area contributed by atoms with Gasteiger partial charge in [0.15, 0.2) is 0 Å². The van der Waals surface area contributed by atoms with Crippen molar-refractivity contribution >= 4 is 11.9 Å². The smallest absolute Gasteiger partial charge is 0.343 e. The van der Waals surface area contributed by atoms with Crippen LogP contribution in [-0.4, -0.2) is 25.2 Å². The number of terminal acetylenes is 1. The lowest BCUT2D eigenvalue weighted by Crippen LogP contribution is -2.08. The number of unbranched alkanes of at least 4 members (excludes halogenated alkanes) is 11. The Hall–Kier alpha value is -4.04. The molecule has 3 rings (SSSR count). The van der Waals surface area contributed by atoms with Crippen LogP contribution in [0, 0.1) is 12.3 Å². The highest BCUT2D eigenvalue weighted by molar-refractivity contribution is 5.91. The summed E-state index contributed by atoms with van der Waals surface area (Å²) in [5, 5.41) is 0. The molecule has 0 amide bonds. The Morgan fingerprint density at radius 3 is 1.67 bits per heavy atom. The zero-order chi connectivity index (χ0) is 30.5. The molecule has 0 bridgehead atoms. The number of benzene rings is 3. The van der Waals surface area contributed by atoms with Gasteiger partial charge >= 0.3 is 11.9 Å². The molecule has 0 aliphatic carbocycles. The van der Waals surface area contributed by atoms with Gasteiger partial charge in [0.1, 0.15) is 11.5 Å². The third-order valence-electron chi connectivity index (χ3n) is 7.32. The molecule has 43 heavy (non-hydrogen) atoms. The zero-order valence-corrected chi connectivity index (χ0v) is 25.7. The largest absolute Gasteiger partial charge is 0.494 e. The fraction of sp³-hybridized carbons (Fsp3) is 0.421. The Morgan fingerprint density at radius 1 is 0.581 bits per heavy atom. The van der Waals surface area contributed by atoms with Crippen molar-refractivity contribution < 1.29 is 23.8 Å². The maximum absolute atomic E-state index is 12.6. The van der Waals surface area contributed by atoms with Gasteiger partial charge in [-0.2, -0.15) is 0 Å². The van der Waals surface area contributed by atoms with Crippen LogP contribution in [0.2, 0.25) is 0 Å². The molecule has 0 aromatic heterocycles. The zero-order valence-electron chi connectivity index (χ0n) is 25.7. The summed E-state index contributed by atoms with van der Waals surface area (Å²) >= 11 is 0. The van der Waals surface area contributed by atoms with Crippen molar-refractivity contribution in [2.75, 3.05) is 13.2 Å². The third kappa shape index (κ3) is 12.8. The summed E-state index contributed by atoms with van der Waals surface area (Å²) in [4.78, 5) is 25.0. The van der Waals surface area contributed by atoms with E-state index in [1.165, 1.54) is 51.4 Å². The predicted octanol–water partition coefficient (Wildman–Crippen LogP) is 9.83. The lowest BCUT2D eigenvalue weighted by Gasteiger charge is -2.09. The molecule has 0 radical (unpaired) electrons. The van der Waals surface area contributed by atoms with Gasteiger partial charge in [-0.1, -0.05) is 89.0 Å². The van der Waals surface area contributed by atoms with Crippen molar-refractivity contribution in [3.8, 4) is 35.0 Å². The molecule has 0 heterocycles. The van der Waals surface area contributed by atoms with Gasteiger partial charge < -0.3 is 14.2 Å². The number of ether oxygens (including phenoxy) is 3. The number of hydrogen-bond donors (Lipinski definition) is 0. The number of rotatable bonds is 20. The summed E-state index contributed by atoms with van der Waals surface area (Å²) in [6.45, 7) is 3.29. The van der Waals surface area contributed by atoms with Gasteiger partial charge in [-0.15, -0.1) is 12.3 Å². The first kappa shape index (κ1) is 33.5. The Balaban J connectivity index is 1.36. The fourth-order valence-electron chi connectivity index (χ4n) is 4.72. The highest BCUT2D eigenvalue weighted by Crippen LogP contribution is 2.24. The minimum absolute atomic E-state index is 0.288. The summed E-state index contributed by atoms with van der Waals surface area (Å²) in [6.07, 6.45) is 20.3. The first-order chi connectivity index (χ1) is 21.1. The van der Waals surface area contributed by atoms with Crippen LogP contribution in [0.4, 0.5) is 0 Å². The Bertz CT molecular complexity index is 1250. The maximum Gasteiger partial charge on any atom is 0.343 e. The van der Waals surface area contributed by atoms with Crippen LogP contribution in [0.15, 0.2) is 72.8 Å². The average molecular weight is 583 g/mol. The second-order valence-corrected chi connectivity index (χ2v) is 10.8. The SMILES string of the molecule is C#CCCCCOc1ccc(C(=O)Oc2ccc(-c3ccc(C(=O)OCCCCCCCCCCCC)cc3)cc2)cc1. The van der Waals surface area contributed by atoms with E-state index >= 15 is 0 Å². The van der Waals surface area contributed by atoms with E-state index in [1.54, 1.807) is 48.5 Å². The van der Waals surface area contributed by atoms with Crippen molar-refractivity contribution in [2.24, 2.45) is 0 Å². The molecule has 0 spiro atoms. The van der Waals surface area contributed by atoms with Crippen LogP contribution in [0.1, 0.15) is 111 Å². The van der Waals surface area contributed by atoms with E-state index in [9.17, 15) is 9.59 Å². The second kappa shape index (κ2) is 20.0. The molecule has 228 valence electrons. The first-order valence-electron chi connectivity index (χ1n) is 15.9. The predicted molar refractivity (Wildman–Crippen MR) is 174 cm³/mol. The van der Waals surface area contributed by atoms with Gasteiger partial charge in [0.25, 0.3) is 0 Å². The van der Waals surface area contributed by atoms with Gasteiger partial charge in [-0.25, -0.2) is 9.59 Å². The van der Waals surface area contributed by atoms with Crippen molar-refractivity contribution in [3.63, 3.8) is 0 Å². The van der Waals surface area contributed by atoms with Gasteiger partial charge in [0.05, 0.1) is 24.3 Å². The Morgan fingerprint density at radius 2 is 1.07 bits per heavy atom. The standard InChI is InChI=1S/C38H46O5/c1-3-5-7-9-10-11-12-13-14-16-30-42-37(39)33-19-17-31(18-20-33)32-21-27-36(28-22-32)43-38(40)34-23-25-35(26-24-34)41-29-15-8-6-4-2/h2,17-28H,3,5-16,29-30H2,1H3. The second-order valence-electron chi connectivity index (χ2n) is 10.8. The highest BCUT2D eigenvalue weighted by Gasteiger charge is 2.11. The number of esters is 2. The summed E-state index contributed by atoms with van der Waals surface area (Å²) in [7, 11) is 0. The molecule has 0 aliphatic rings. The summed E-state index contributed by atoms with van der Waals surface area (Å²) < 4.78 is 16.7. The Kier molecular flexibility index (Phi) is 15.5. The molecular formula is C38H46O5. The normalized spacial score (nSPS) is 10.6. The van der Waals surface area contributed by atoms with Crippen molar-refractivity contribution in [1.82, 2.24) is 0 Å². The number of carbonyl (C=O) groups is 2. The molecule has 5 nitrogen and oxygen atoms in total. The van der Waals surface area contributed by atoms with Crippen LogP contribution < -0.4 is 9.47 Å². The third-order valence-corrected chi connectivity index (χ3v) is 7.32. The molecule has 0 saturated heterocycles. The van der Waals surface area contributed by atoms with E-state index in [0.29, 0.717) is 35.8 Å². The molecule has 3 aromatic carbocycles. The van der Waals surface area contributed by atoms with E-state index in [0.717, 1.165) is 43.2 Å². The lowest BCUT2D eigenvalue weighted by molar-refractivity contribution is 0.0497. The van der Waals surface area contributed by atoms with Gasteiger partial charge in [-0.3, -0.25) is 0 Å². The quantitative estimate of drug-likeness (QED) is 0.0574. The number of hydrogen-bond acceptors (Lipinski definition) is 5. The molecule has 0 aliphatic heterocycles. The van der Waals surface area contributed by atoms with Gasteiger partial charge in [0, 0.05) is 6.42 Å². The van der Waals surface area contributed by atoms with E-state index < -0.39 is 5.97 Å². The summed E-state index contributed by atoms with van der Waals surface area (Å²) in [5.74, 6) is 3.05. The highest BCUT2D eigenvalue weighted by atomic mass is 16.5. The molecule has 5 heteroatoms. The van der Waals surface area contributed by atoms with Crippen LogP contribution in [-0.2, 0) is 4.74 Å². The monoisotopic (exact) mass is 582 g/mol. The topological polar surface area (TPSA) is 61.8 Å². The molecule has 0 fully saturated rings. The van der Waals surface area contributed by atoms with Gasteiger partial charge in [0.2, 0.25) is 0 Å². The van der Waals surface area contributed by atoms with Crippen molar-refractivity contribution in [1.29, 1.82) is 0 Å². The van der Waals surface area contributed by atoms with Gasteiger partial charge in [-0.05, 0) is 78.9 Å². The van der Waals surface area contributed by atoms with E-state index in [4.69, 9.17) is 20.6 Å². The van der Waals surface area contributed by atoms with E-state index in [-0.39, 0.29) is 5.97 Å². The van der Waals surface area contributed by atoms with E-state index in [1.807, 2.05) is 24.3 Å². The number of carbonyl (C=O) groups excluding carboxylic acids is 2. The summed E-state index contributed by atoms with van der Waals surface area (Å²) in [5.41, 5.74) is 2.90. The maximum atomic E-state index is 12.6. The molecular weight excluding hydrogens is 536 g/mol. The molecule has 0 unspecified atom stereocenters. The van der Waals surface area contributed by atoms with Crippen LogP contribution in [0.25, 0.3) is 11.1 Å². The molecule has 0 saturated carbocycles. The minimum atomic E-state index is -0.436. The van der Waals surface area contributed by atoms with Crippen LogP contribution in [0.5, 0.6) is 11.5 Å². The van der Waals surface area contributed by atoms with Crippen LogP contribution >= 0.6 is 0 Å². The van der Waals surface area contributed by atoms with E-state index in [2.05, 4.69) is 12.8 Å².